The highest BCUT2D eigenvalue weighted by molar-refractivity contribution is 5.76. The molecule has 0 aromatic rings. The molecular formula is C17H30N2O. The summed E-state index contributed by atoms with van der Waals surface area (Å²) in [5.74, 6) is 0.818. The van der Waals surface area contributed by atoms with Gasteiger partial charge in [0.25, 0.3) is 0 Å². The fraction of sp³-hybridized carbons (Fsp3) is 0.941. The average molecular weight is 278 g/mol. The fourth-order valence-corrected chi connectivity index (χ4v) is 4.70. The van der Waals surface area contributed by atoms with Crippen LogP contribution in [0.25, 0.3) is 0 Å². The van der Waals surface area contributed by atoms with Crippen LogP contribution in [0.2, 0.25) is 0 Å². The molecule has 3 aliphatic rings. The summed E-state index contributed by atoms with van der Waals surface area (Å²) in [4.78, 5) is 14.6. The van der Waals surface area contributed by atoms with Gasteiger partial charge in [0.05, 0.1) is 0 Å². The molecule has 1 aliphatic heterocycles. The Labute approximate surface area is 123 Å². The first-order valence-electron chi connectivity index (χ1n) is 8.72. The van der Waals surface area contributed by atoms with E-state index < -0.39 is 0 Å². The molecule has 0 aromatic carbocycles. The first kappa shape index (κ1) is 14.4. The third-order valence-electron chi connectivity index (χ3n) is 6.25. The number of nitrogens with zero attached hydrogens (tertiary/aromatic N) is 1. The molecule has 20 heavy (non-hydrogen) atoms. The number of likely N-dealkylation sites (tertiary alicyclic amines) is 1. The highest BCUT2D eigenvalue weighted by Gasteiger charge is 2.38. The van der Waals surface area contributed by atoms with Crippen LogP contribution in [-0.2, 0) is 4.79 Å². The molecule has 3 nitrogen and oxygen atoms in total. The number of rotatable bonds is 2. The van der Waals surface area contributed by atoms with E-state index in [-0.39, 0.29) is 6.04 Å². The van der Waals surface area contributed by atoms with E-state index >= 15 is 0 Å². The zero-order chi connectivity index (χ0) is 14.0. The number of nitrogens with two attached hydrogens (primary N) is 1. The lowest BCUT2D eigenvalue weighted by Gasteiger charge is -2.40. The maximum atomic E-state index is 12.5. The summed E-state index contributed by atoms with van der Waals surface area (Å²) in [7, 11) is 0. The Kier molecular flexibility index (Phi) is 4.34. The van der Waals surface area contributed by atoms with E-state index in [9.17, 15) is 4.79 Å². The Balaban J connectivity index is 1.48. The van der Waals surface area contributed by atoms with E-state index in [0.717, 1.165) is 25.9 Å². The second-order valence-corrected chi connectivity index (χ2v) is 7.50. The van der Waals surface area contributed by atoms with Gasteiger partial charge in [0.2, 0.25) is 5.91 Å². The van der Waals surface area contributed by atoms with Gasteiger partial charge in [-0.05, 0) is 49.9 Å². The van der Waals surface area contributed by atoms with Crippen molar-refractivity contribution in [3.8, 4) is 0 Å². The summed E-state index contributed by atoms with van der Waals surface area (Å²) in [5, 5.41) is 0. The molecule has 3 fully saturated rings. The summed E-state index contributed by atoms with van der Waals surface area (Å²) in [5.41, 5.74) is 6.79. The predicted molar refractivity (Wildman–Crippen MR) is 81.3 cm³/mol. The largest absolute Gasteiger partial charge is 0.343 e. The van der Waals surface area contributed by atoms with Crippen molar-refractivity contribution in [2.45, 2.75) is 76.7 Å². The van der Waals surface area contributed by atoms with E-state index in [1.165, 1.54) is 51.4 Å². The average Bonchev–Trinajstić information content (AvgIpc) is 2.90. The van der Waals surface area contributed by atoms with Crippen LogP contribution in [0.5, 0.6) is 0 Å². The minimum atomic E-state index is 0.263. The normalized spacial score (nSPS) is 33.5. The van der Waals surface area contributed by atoms with Crippen LogP contribution in [-0.4, -0.2) is 29.9 Å². The van der Waals surface area contributed by atoms with Crippen LogP contribution in [0.3, 0.4) is 0 Å². The third kappa shape index (κ3) is 3.03. The quantitative estimate of drug-likeness (QED) is 0.843. The van der Waals surface area contributed by atoms with Crippen LogP contribution in [0, 0.1) is 11.3 Å². The SMILES string of the molecule is NC1CCCCC1CC(=O)N1CCC2(CCCC2)CC1. The van der Waals surface area contributed by atoms with Crippen LogP contribution in [0.4, 0.5) is 0 Å². The summed E-state index contributed by atoms with van der Waals surface area (Å²) >= 11 is 0. The standard InChI is InChI=1S/C17H30N2O/c18-15-6-2-1-5-14(15)13-16(20)19-11-9-17(10-12-19)7-3-4-8-17/h14-15H,1-13,18H2. The Bertz CT molecular complexity index is 339. The number of carbonyl (C=O) groups excluding carboxylic acids is 1. The Hall–Kier alpha value is -0.570. The molecular weight excluding hydrogens is 248 g/mol. The number of piperidine rings is 1. The molecule has 114 valence electrons. The van der Waals surface area contributed by atoms with Crippen molar-refractivity contribution in [1.29, 1.82) is 0 Å². The molecule has 2 N–H and O–H groups in total. The zero-order valence-electron chi connectivity index (χ0n) is 12.8. The lowest BCUT2D eigenvalue weighted by Crippen LogP contribution is -2.44. The van der Waals surface area contributed by atoms with Crippen molar-refractivity contribution in [3.05, 3.63) is 0 Å². The van der Waals surface area contributed by atoms with Gasteiger partial charge in [-0.2, -0.15) is 0 Å². The molecule has 1 heterocycles. The lowest BCUT2D eigenvalue weighted by molar-refractivity contribution is -0.134. The minimum Gasteiger partial charge on any atom is -0.343 e. The molecule has 1 saturated heterocycles. The van der Waals surface area contributed by atoms with Crippen molar-refractivity contribution in [2.75, 3.05) is 13.1 Å². The number of hydrogen-bond acceptors (Lipinski definition) is 2. The highest BCUT2D eigenvalue weighted by atomic mass is 16.2. The second kappa shape index (κ2) is 6.05. The van der Waals surface area contributed by atoms with E-state index in [2.05, 4.69) is 4.90 Å². The smallest absolute Gasteiger partial charge is 0.222 e. The van der Waals surface area contributed by atoms with Crippen LogP contribution >= 0.6 is 0 Å². The van der Waals surface area contributed by atoms with E-state index in [0.29, 0.717) is 23.7 Å². The summed E-state index contributed by atoms with van der Waals surface area (Å²) in [6.07, 6.45) is 13.6. The maximum absolute atomic E-state index is 12.5. The van der Waals surface area contributed by atoms with Gasteiger partial charge >= 0.3 is 0 Å². The Morgan fingerprint density at radius 1 is 1.00 bits per heavy atom. The number of carbonyl (C=O) groups is 1. The van der Waals surface area contributed by atoms with E-state index in [1.54, 1.807) is 0 Å². The van der Waals surface area contributed by atoms with Crippen molar-refractivity contribution >= 4 is 5.91 Å². The van der Waals surface area contributed by atoms with Crippen LogP contribution < -0.4 is 5.73 Å². The molecule has 0 radical (unpaired) electrons. The van der Waals surface area contributed by atoms with Gasteiger partial charge in [-0.15, -0.1) is 0 Å². The van der Waals surface area contributed by atoms with Gasteiger partial charge in [0.1, 0.15) is 0 Å². The highest BCUT2D eigenvalue weighted by Crippen LogP contribution is 2.46. The van der Waals surface area contributed by atoms with Crippen molar-refractivity contribution < 1.29 is 4.79 Å². The van der Waals surface area contributed by atoms with E-state index in [4.69, 9.17) is 5.73 Å². The number of hydrogen-bond donors (Lipinski definition) is 1. The minimum absolute atomic E-state index is 0.263. The second-order valence-electron chi connectivity index (χ2n) is 7.50. The van der Waals surface area contributed by atoms with Gasteiger partial charge in [-0.3, -0.25) is 4.79 Å². The molecule has 1 spiro atoms. The molecule has 2 aliphatic carbocycles. The summed E-state index contributed by atoms with van der Waals surface area (Å²) < 4.78 is 0. The molecule has 1 amide bonds. The molecule has 0 aromatic heterocycles. The van der Waals surface area contributed by atoms with Gasteiger partial charge in [0.15, 0.2) is 0 Å². The Morgan fingerprint density at radius 2 is 1.65 bits per heavy atom. The summed E-state index contributed by atoms with van der Waals surface area (Å²) in [6, 6.07) is 0.263. The van der Waals surface area contributed by atoms with Gasteiger partial charge in [-0.1, -0.05) is 25.7 Å². The summed E-state index contributed by atoms with van der Waals surface area (Å²) in [6.45, 7) is 2.00. The van der Waals surface area contributed by atoms with Crippen molar-refractivity contribution in [3.63, 3.8) is 0 Å². The zero-order valence-corrected chi connectivity index (χ0v) is 12.8. The van der Waals surface area contributed by atoms with Crippen molar-refractivity contribution in [1.82, 2.24) is 4.90 Å². The monoisotopic (exact) mass is 278 g/mol. The van der Waals surface area contributed by atoms with Gasteiger partial charge in [0, 0.05) is 25.6 Å². The van der Waals surface area contributed by atoms with Crippen molar-refractivity contribution in [2.24, 2.45) is 17.1 Å². The van der Waals surface area contributed by atoms with Gasteiger partial charge < -0.3 is 10.6 Å². The molecule has 2 unspecified atom stereocenters. The van der Waals surface area contributed by atoms with E-state index in [1.807, 2.05) is 0 Å². The first-order valence-corrected chi connectivity index (χ1v) is 8.72. The topological polar surface area (TPSA) is 46.3 Å². The molecule has 2 atom stereocenters. The fourth-order valence-electron chi connectivity index (χ4n) is 4.70. The molecule has 0 bridgehead atoms. The van der Waals surface area contributed by atoms with Crippen LogP contribution in [0.1, 0.15) is 70.6 Å². The van der Waals surface area contributed by atoms with Gasteiger partial charge in [-0.25, -0.2) is 0 Å². The molecule has 2 saturated carbocycles. The molecule has 3 rings (SSSR count). The molecule has 3 heteroatoms. The van der Waals surface area contributed by atoms with Crippen LogP contribution in [0.15, 0.2) is 0 Å². The first-order chi connectivity index (χ1) is 9.69. The Morgan fingerprint density at radius 3 is 2.30 bits per heavy atom. The number of amides is 1. The lowest BCUT2D eigenvalue weighted by atomic mass is 9.76. The third-order valence-corrected chi connectivity index (χ3v) is 6.25. The maximum Gasteiger partial charge on any atom is 0.222 e. The predicted octanol–water partition coefficient (Wildman–Crippen LogP) is 3.08.